The molecule has 7 heteroatoms. The average Bonchev–Trinajstić information content (AvgIpc) is 2.79. The number of benzene rings is 3. The molecule has 0 fully saturated rings. The minimum absolute atomic E-state index is 0.0397. The number of hydrogen-bond acceptors (Lipinski definition) is 6. The smallest absolute Gasteiger partial charge is 0.262 e. The van der Waals surface area contributed by atoms with Crippen LogP contribution in [0.5, 0.6) is 23.0 Å². The van der Waals surface area contributed by atoms with E-state index in [4.69, 9.17) is 14.2 Å². The molecule has 0 aliphatic carbocycles. The number of phenolic OH excluding ortho intramolecular Hbond substituents is 1. The summed E-state index contributed by atoms with van der Waals surface area (Å²) in [4.78, 5) is 15.1. The molecule has 0 unspecified atom stereocenters. The molecular formula is C23H22N2O5. The summed E-state index contributed by atoms with van der Waals surface area (Å²) in [5.41, 5.74) is 2.24. The predicted molar refractivity (Wildman–Crippen MR) is 114 cm³/mol. The van der Waals surface area contributed by atoms with Gasteiger partial charge in [-0.3, -0.25) is 9.69 Å². The van der Waals surface area contributed by atoms with E-state index in [1.54, 1.807) is 54.5 Å². The molecule has 3 aromatic carbocycles. The van der Waals surface area contributed by atoms with Crippen LogP contribution in [0.1, 0.15) is 22.1 Å². The monoisotopic (exact) mass is 406 g/mol. The van der Waals surface area contributed by atoms with Gasteiger partial charge >= 0.3 is 0 Å². The van der Waals surface area contributed by atoms with Gasteiger partial charge in [0.25, 0.3) is 5.91 Å². The summed E-state index contributed by atoms with van der Waals surface area (Å²) in [7, 11) is 4.58. The highest BCUT2D eigenvalue weighted by Crippen LogP contribution is 2.45. The van der Waals surface area contributed by atoms with Crippen LogP contribution in [0.3, 0.4) is 0 Å². The van der Waals surface area contributed by atoms with Crippen molar-refractivity contribution in [1.29, 1.82) is 0 Å². The van der Waals surface area contributed by atoms with Gasteiger partial charge in [-0.15, -0.1) is 0 Å². The third-order valence-electron chi connectivity index (χ3n) is 5.12. The maximum atomic E-state index is 13.6. The van der Waals surface area contributed by atoms with Crippen molar-refractivity contribution >= 4 is 17.3 Å². The molecule has 1 heterocycles. The van der Waals surface area contributed by atoms with E-state index in [1.807, 2.05) is 18.2 Å². The van der Waals surface area contributed by atoms with Gasteiger partial charge in [0.05, 0.1) is 32.6 Å². The number of nitrogens with zero attached hydrogens (tertiary/aromatic N) is 1. The van der Waals surface area contributed by atoms with Gasteiger partial charge in [0, 0.05) is 17.3 Å². The van der Waals surface area contributed by atoms with Crippen LogP contribution in [0.4, 0.5) is 11.4 Å². The zero-order valence-corrected chi connectivity index (χ0v) is 16.9. The van der Waals surface area contributed by atoms with Crippen molar-refractivity contribution in [3.8, 4) is 23.0 Å². The summed E-state index contributed by atoms with van der Waals surface area (Å²) in [6.45, 7) is 0. The van der Waals surface area contributed by atoms with E-state index in [9.17, 15) is 9.90 Å². The Balaban J connectivity index is 1.92. The Bertz CT molecular complexity index is 1100. The number of fused-ring (bicyclic) bond motifs is 1. The number of aromatic hydroxyl groups is 1. The normalized spacial score (nSPS) is 15.2. The highest BCUT2D eigenvalue weighted by molar-refractivity contribution is 6.12. The molecule has 30 heavy (non-hydrogen) atoms. The number of ether oxygens (including phenoxy) is 3. The van der Waals surface area contributed by atoms with E-state index in [1.165, 1.54) is 14.2 Å². The molecule has 154 valence electrons. The van der Waals surface area contributed by atoms with Crippen molar-refractivity contribution in [2.75, 3.05) is 31.5 Å². The topological polar surface area (TPSA) is 80.3 Å². The van der Waals surface area contributed by atoms with Crippen molar-refractivity contribution < 1.29 is 24.1 Å². The number of hydrogen-bond donors (Lipinski definition) is 2. The fourth-order valence-electron chi connectivity index (χ4n) is 3.63. The van der Waals surface area contributed by atoms with E-state index < -0.39 is 6.17 Å². The van der Waals surface area contributed by atoms with E-state index in [0.29, 0.717) is 39.8 Å². The van der Waals surface area contributed by atoms with Gasteiger partial charge in [0.15, 0.2) is 11.5 Å². The molecule has 0 spiro atoms. The van der Waals surface area contributed by atoms with E-state index in [2.05, 4.69) is 5.32 Å². The fraction of sp³-hybridized carbons (Fsp3) is 0.174. The number of anilines is 2. The Kier molecular flexibility index (Phi) is 5.10. The molecule has 0 saturated carbocycles. The summed E-state index contributed by atoms with van der Waals surface area (Å²) in [5.74, 6) is 1.13. The van der Waals surface area contributed by atoms with Crippen LogP contribution in [-0.2, 0) is 0 Å². The van der Waals surface area contributed by atoms with Crippen LogP contribution in [-0.4, -0.2) is 32.3 Å². The van der Waals surface area contributed by atoms with Gasteiger partial charge in [-0.2, -0.15) is 0 Å². The van der Waals surface area contributed by atoms with Gasteiger partial charge in [0.1, 0.15) is 17.7 Å². The lowest BCUT2D eigenvalue weighted by Gasteiger charge is -2.39. The van der Waals surface area contributed by atoms with Crippen molar-refractivity contribution in [3.05, 3.63) is 71.8 Å². The highest BCUT2D eigenvalue weighted by Gasteiger charge is 2.37. The molecule has 7 nitrogen and oxygen atoms in total. The number of amides is 1. The van der Waals surface area contributed by atoms with Gasteiger partial charge in [-0.25, -0.2) is 0 Å². The van der Waals surface area contributed by atoms with Crippen molar-refractivity contribution in [3.63, 3.8) is 0 Å². The average molecular weight is 406 g/mol. The van der Waals surface area contributed by atoms with Crippen molar-refractivity contribution in [2.24, 2.45) is 0 Å². The Morgan fingerprint density at radius 1 is 0.900 bits per heavy atom. The van der Waals surface area contributed by atoms with Crippen LogP contribution < -0.4 is 24.4 Å². The number of para-hydroxylation sites is 2. The maximum absolute atomic E-state index is 13.6. The first-order valence-corrected chi connectivity index (χ1v) is 9.36. The number of carbonyl (C=O) groups is 1. The lowest BCUT2D eigenvalue weighted by molar-refractivity contribution is 0.0974. The quantitative estimate of drug-likeness (QED) is 0.661. The molecule has 0 aromatic heterocycles. The first-order valence-electron chi connectivity index (χ1n) is 9.36. The van der Waals surface area contributed by atoms with Crippen LogP contribution in [0.2, 0.25) is 0 Å². The molecule has 4 rings (SSSR count). The molecule has 3 aromatic rings. The second-order valence-corrected chi connectivity index (χ2v) is 6.70. The summed E-state index contributed by atoms with van der Waals surface area (Å²) >= 11 is 0. The van der Waals surface area contributed by atoms with E-state index >= 15 is 0 Å². The van der Waals surface area contributed by atoms with E-state index in [-0.39, 0.29) is 11.7 Å². The summed E-state index contributed by atoms with van der Waals surface area (Å²) in [6, 6.07) is 17.7. The Hall–Kier alpha value is -3.87. The predicted octanol–water partition coefficient (Wildman–Crippen LogP) is 4.19. The van der Waals surface area contributed by atoms with Crippen LogP contribution >= 0.6 is 0 Å². The number of nitrogens with one attached hydrogen (secondary N) is 1. The van der Waals surface area contributed by atoms with Gasteiger partial charge in [-0.05, 0) is 30.3 Å². The molecular weight excluding hydrogens is 384 g/mol. The van der Waals surface area contributed by atoms with Crippen molar-refractivity contribution in [2.45, 2.75) is 6.17 Å². The second kappa shape index (κ2) is 7.87. The molecule has 0 saturated heterocycles. The largest absolute Gasteiger partial charge is 0.504 e. The minimum atomic E-state index is -0.690. The van der Waals surface area contributed by atoms with Crippen molar-refractivity contribution in [1.82, 2.24) is 0 Å². The molecule has 1 amide bonds. The summed E-state index contributed by atoms with van der Waals surface area (Å²) < 4.78 is 16.1. The first kappa shape index (κ1) is 19.4. The second-order valence-electron chi connectivity index (χ2n) is 6.70. The van der Waals surface area contributed by atoms with Gasteiger partial charge < -0.3 is 24.6 Å². The zero-order valence-electron chi connectivity index (χ0n) is 16.9. The minimum Gasteiger partial charge on any atom is -0.504 e. The lowest BCUT2D eigenvalue weighted by atomic mass is 10.0. The highest BCUT2D eigenvalue weighted by atomic mass is 16.5. The molecule has 0 bridgehead atoms. The SMILES string of the molecule is COc1ccc(N2C(=O)c3ccccc3N[C@@H]2c2cccc(OC)c2O)c(OC)c1. The number of carbonyl (C=O) groups excluding carboxylic acids is 1. The maximum Gasteiger partial charge on any atom is 0.262 e. The number of rotatable bonds is 5. The number of methoxy groups -OCH3 is 3. The molecule has 1 aliphatic heterocycles. The molecule has 0 radical (unpaired) electrons. The molecule has 2 N–H and O–H groups in total. The zero-order chi connectivity index (χ0) is 21.3. The van der Waals surface area contributed by atoms with Crippen LogP contribution in [0.25, 0.3) is 0 Å². The third-order valence-corrected chi connectivity index (χ3v) is 5.12. The standard InChI is InChI=1S/C23H22N2O5/c1-28-14-11-12-18(20(13-14)30-3)25-22(16-8-6-10-19(29-2)21(16)26)24-17-9-5-4-7-15(17)23(25)27/h4-13,22,24,26H,1-3H3/t22-/m0/s1. The number of phenols is 1. The summed E-state index contributed by atoms with van der Waals surface area (Å²) in [5, 5.41) is 14.2. The third kappa shape index (κ3) is 3.14. The Morgan fingerprint density at radius 2 is 1.67 bits per heavy atom. The summed E-state index contributed by atoms with van der Waals surface area (Å²) in [6.07, 6.45) is -0.690. The van der Waals surface area contributed by atoms with E-state index in [0.717, 1.165) is 0 Å². The molecule has 1 aliphatic rings. The van der Waals surface area contributed by atoms with Crippen LogP contribution in [0, 0.1) is 0 Å². The Morgan fingerprint density at radius 3 is 2.40 bits per heavy atom. The lowest BCUT2D eigenvalue weighted by Crippen LogP contribution is -2.43. The van der Waals surface area contributed by atoms with Crippen LogP contribution in [0.15, 0.2) is 60.7 Å². The first-order chi connectivity index (χ1) is 14.6. The molecule has 1 atom stereocenters. The van der Waals surface area contributed by atoms with Gasteiger partial charge in [0.2, 0.25) is 0 Å². The van der Waals surface area contributed by atoms with Gasteiger partial charge in [-0.1, -0.05) is 24.3 Å². The fourth-order valence-corrected chi connectivity index (χ4v) is 3.63. The Labute approximate surface area is 174 Å².